The lowest BCUT2D eigenvalue weighted by Crippen LogP contribution is -2.42. The van der Waals surface area contributed by atoms with Crippen molar-refractivity contribution in [2.75, 3.05) is 25.2 Å². The molecule has 44 heavy (non-hydrogen) atoms. The first-order valence-corrected chi connectivity index (χ1v) is 16.3. The Balaban J connectivity index is 1.36. The Morgan fingerprint density at radius 2 is 1.82 bits per heavy atom. The fourth-order valence-corrected chi connectivity index (χ4v) is 8.07. The molecule has 5 aromatic rings. The number of rotatable bonds is 7. The summed E-state index contributed by atoms with van der Waals surface area (Å²) in [7, 11) is -2.16. The third kappa shape index (κ3) is 5.75. The Hall–Kier alpha value is -4.39. The maximum Gasteiger partial charge on any atom is 0.280 e. The normalized spacial score (nSPS) is 17.8. The van der Waals surface area contributed by atoms with Gasteiger partial charge in [0.1, 0.15) is 17.6 Å². The van der Waals surface area contributed by atoms with Crippen molar-refractivity contribution in [2.45, 2.75) is 25.2 Å². The van der Waals surface area contributed by atoms with E-state index in [1.54, 1.807) is 43.5 Å². The number of hydrogen-bond acceptors (Lipinski definition) is 9. The van der Waals surface area contributed by atoms with Gasteiger partial charge in [-0.15, -0.1) is 0 Å². The van der Waals surface area contributed by atoms with Crippen molar-refractivity contribution in [2.24, 2.45) is 16.9 Å². The molecule has 1 aliphatic rings. The molecule has 226 valence electrons. The fourth-order valence-electron chi connectivity index (χ4n) is 5.44. The van der Waals surface area contributed by atoms with Crippen LogP contribution >= 0.6 is 11.3 Å². The second kappa shape index (κ2) is 11.9. The highest BCUT2D eigenvalue weighted by Gasteiger charge is 2.32. The number of hydrogen-bond donors (Lipinski definition) is 0. The summed E-state index contributed by atoms with van der Waals surface area (Å²) in [6.45, 7) is 5.02. The van der Waals surface area contributed by atoms with Gasteiger partial charge in [0.15, 0.2) is 0 Å². The number of para-hydroxylation sites is 1. The van der Waals surface area contributed by atoms with Crippen LogP contribution in [0.2, 0.25) is 0 Å². The highest BCUT2D eigenvalue weighted by atomic mass is 32.2. The quantitative estimate of drug-likeness (QED) is 0.166. The summed E-state index contributed by atoms with van der Waals surface area (Å²) < 4.78 is 40.0. The topological polar surface area (TPSA) is 122 Å². The van der Waals surface area contributed by atoms with Crippen LogP contribution < -0.4 is 15.2 Å². The molecule has 0 aliphatic carbocycles. The molecule has 1 saturated heterocycles. The average molecular weight is 631 g/mol. The van der Waals surface area contributed by atoms with E-state index in [2.05, 4.69) is 23.9 Å². The molecular formula is C32H30N4O6S2. The van der Waals surface area contributed by atoms with Crippen LogP contribution in [0.3, 0.4) is 0 Å². The van der Waals surface area contributed by atoms with Gasteiger partial charge in [0.2, 0.25) is 20.6 Å². The van der Waals surface area contributed by atoms with Crippen molar-refractivity contribution in [3.8, 4) is 5.75 Å². The minimum atomic E-state index is -3.72. The van der Waals surface area contributed by atoms with Gasteiger partial charge in [-0.25, -0.2) is 13.4 Å². The number of thiazole rings is 1. The minimum Gasteiger partial charge on any atom is -0.497 e. The van der Waals surface area contributed by atoms with E-state index in [-0.39, 0.29) is 38.4 Å². The summed E-state index contributed by atoms with van der Waals surface area (Å²) >= 11 is 1.22. The largest absolute Gasteiger partial charge is 0.497 e. The van der Waals surface area contributed by atoms with Crippen molar-refractivity contribution in [3.63, 3.8) is 0 Å². The summed E-state index contributed by atoms with van der Waals surface area (Å²) in [5, 5.41) is 6.14. The van der Waals surface area contributed by atoms with E-state index in [0.29, 0.717) is 35.3 Å². The summed E-state index contributed by atoms with van der Waals surface area (Å²) in [6, 6.07) is 18.0. The second-order valence-corrected chi connectivity index (χ2v) is 13.9. The number of fused-ring (bicyclic) bond motifs is 2. The number of hydrazone groups is 1. The summed E-state index contributed by atoms with van der Waals surface area (Å²) in [5.41, 5.74) is 1.12. The number of sulfonamides is 1. The standard InChI is InChI=1S/C32H30N4O6S2/c1-20-14-21(2)18-35(17-20)44(39,40)25-11-8-22(9-12-25)31(38)36(32-34-27-13-10-24(41-3)15-29(27)43-32)33-16-23-19-42-28-7-5-4-6-26(28)30(23)37/h4-13,15-16,19-21H,14,17-18H2,1-3H3/b33-16+. The van der Waals surface area contributed by atoms with Crippen molar-refractivity contribution < 1.29 is 22.4 Å². The zero-order chi connectivity index (χ0) is 31.0. The van der Waals surface area contributed by atoms with Gasteiger partial charge in [-0.1, -0.05) is 37.3 Å². The summed E-state index contributed by atoms with van der Waals surface area (Å²) in [6.07, 6.45) is 3.54. The highest BCUT2D eigenvalue weighted by Crippen LogP contribution is 2.33. The van der Waals surface area contributed by atoms with Crippen LogP contribution in [-0.2, 0) is 10.0 Å². The number of aromatic nitrogens is 1. The number of benzene rings is 3. The second-order valence-electron chi connectivity index (χ2n) is 11.0. The fraction of sp³-hybridized carbons (Fsp3) is 0.250. The number of anilines is 1. The molecule has 2 atom stereocenters. The molecule has 0 radical (unpaired) electrons. The van der Waals surface area contributed by atoms with Gasteiger partial charge in [-0.3, -0.25) is 9.59 Å². The van der Waals surface area contributed by atoms with Gasteiger partial charge in [0.25, 0.3) is 5.91 Å². The smallest absolute Gasteiger partial charge is 0.280 e. The maximum atomic E-state index is 13.9. The molecule has 10 nitrogen and oxygen atoms in total. The van der Waals surface area contributed by atoms with Gasteiger partial charge >= 0.3 is 0 Å². The zero-order valence-corrected chi connectivity index (χ0v) is 26.0. The molecule has 1 amide bonds. The number of piperidine rings is 1. The van der Waals surface area contributed by atoms with Gasteiger partial charge in [-0.05, 0) is 72.9 Å². The van der Waals surface area contributed by atoms with Crippen molar-refractivity contribution in [3.05, 3.63) is 94.3 Å². The molecule has 2 unspecified atom stereocenters. The SMILES string of the molecule is COc1ccc2nc(N(/N=C/c3coc4ccccc4c3=O)C(=O)c3ccc(S(=O)(=O)N4CC(C)CC(C)C4)cc3)sc2c1. The molecule has 1 aliphatic heterocycles. The molecule has 1 fully saturated rings. The van der Waals surface area contributed by atoms with Crippen LogP contribution in [-0.4, -0.2) is 50.0 Å². The lowest BCUT2D eigenvalue weighted by Gasteiger charge is -2.34. The molecule has 0 spiro atoms. The molecule has 3 heterocycles. The van der Waals surface area contributed by atoms with Crippen LogP contribution in [0.4, 0.5) is 5.13 Å². The third-order valence-corrected chi connectivity index (χ3v) is 10.4. The first-order valence-electron chi connectivity index (χ1n) is 14.1. The third-order valence-electron chi connectivity index (χ3n) is 7.55. The van der Waals surface area contributed by atoms with E-state index in [0.717, 1.165) is 16.1 Å². The summed E-state index contributed by atoms with van der Waals surface area (Å²) in [5.74, 6) is 0.609. The molecule has 0 N–H and O–H groups in total. The molecule has 0 bridgehead atoms. The maximum absolute atomic E-state index is 13.9. The minimum absolute atomic E-state index is 0.117. The van der Waals surface area contributed by atoms with Crippen molar-refractivity contribution in [1.82, 2.24) is 9.29 Å². The van der Waals surface area contributed by atoms with Crippen molar-refractivity contribution in [1.29, 1.82) is 0 Å². The monoisotopic (exact) mass is 630 g/mol. The number of amides is 1. The van der Waals surface area contributed by atoms with E-state index in [9.17, 15) is 18.0 Å². The number of methoxy groups -OCH3 is 1. The van der Waals surface area contributed by atoms with Crippen LogP contribution in [0.1, 0.15) is 36.2 Å². The van der Waals surface area contributed by atoms with Gasteiger partial charge < -0.3 is 9.15 Å². The van der Waals surface area contributed by atoms with E-state index in [4.69, 9.17) is 9.15 Å². The van der Waals surface area contributed by atoms with Gasteiger partial charge in [0, 0.05) is 18.7 Å². The first kappa shape index (κ1) is 29.7. The summed E-state index contributed by atoms with van der Waals surface area (Å²) in [4.78, 5) is 31.7. The van der Waals surface area contributed by atoms with E-state index in [1.165, 1.54) is 52.4 Å². The Morgan fingerprint density at radius 3 is 2.55 bits per heavy atom. The Bertz CT molecular complexity index is 2040. The van der Waals surface area contributed by atoms with Crippen LogP contribution in [0.15, 0.2) is 92.2 Å². The molecular weight excluding hydrogens is 601 g/mol. The highest BCUT2D eigenvalue weighted by molar-refractivity contribution is 7.89. The number of nitrogens with zero attached hydrogens (tertiary/aromatic N) is 4. The number of carbonyl (C=O) groups is 1. The predicted octanol–water partition coefficient (Wildman–Crippen LogP) is 5.76. The molecule has 3 aromatic carbocycles. The Labute approximate surface area is 258 Å². The first-order chi connectivity index (χ1) is 21.1. The van der Waals surface area contributed by atoms with E-state index >= 15 is 0 Å². The molecule has 0 saturated carbocycles. The van der Waals surface area contributed by atoms with Crippen molar-refractivity contribution >= 4 is 59.8 Å². The Kier molecular flexibility index (Phi) is 8.06. The number of carbonyl (C=O) groups excluding carboxylic acids is 1. The van der Waals surface area contributed by atoms with Crippen LogP contribution in [0.25, 0.3) is 21.2 Å². The lowest BCUT2D eigenvalue weighted by atomic mass is 9.94. The Morgan fingerprint density at radius 1 is 1.09 bits per heavy atom. The van der Waals surface area contributed by atoms with E-state index in [1.807, 2.05) is 6.07 Å². The molecule has 2 aromatic heterocycles. The molecule has 6 rings (SSSR count). The van der Waals surface area contributed by atoms with Crippen LogP contribution in [0.5, 0.6) is 5.75 Å². The van der Waals surface area contributed by atoms with Gasteiger partial charge in [0.05, 0.1) is 39.4 Å². The average Bonchev–Trinajstić information content (AvgIpc) is 3.44. The van der Waals surface area contributed by atoms with Crippen LogP contribution in [0, 0.1) is 11.8 Å². The zero-order valence-electron chi connectivity index (χ0n) is 24.3. The lowest BCUT2D eigenvalue weighted by molar-refractivity contribution is 0.0987. The van der Waals surface area contributed by atoms with Gasteiger partial charge in [-0.2, -0.15) is 14.4 Å². The number of ether oxygens (including phenoxy) is 1. The predicted molar refractivity (Wildman–Crippen MR) is 171 cm³/mol. The van der Waals surface area contributed by atoms with E-state index < -0.39 is 15.9 Å². The molecule has 12 heteroatoms.